The first-order valence-corrected chi connectivity index (χ1v) is 8.18. The molecular formula is C16H15BrFNO2S. The molecule has 0 aliphatic heterocycles. The molecule has 1 aromatic heterocycles. The van der Waals surface area contributed by atoms with Crippen LogP contribution in [-0.4, -0.2) is 16.6 Å². The van der Waals surface area contributed by atoms with Crippen LogP contribution in [0.5, 0.6) is 0 Å². The molecule has 0 bridgehead atoms. The molecule has 6 heteroatoms. The minimum Gasteiger partial charge on any atom is -0.456 e. The summed E-state index contributed by atoms with van der Waals surface area (Å²) in [6, 6.07) is 7.70. The Morgan fingerprint density at radius 3 is 2.50 bits per heavy atom. The smallest absolute Gasteiger partial charge is 0.341 e. The molecule has 0 saturated carbocycles. The van der Waals surface area contributed by atoms with E-state index in [0.717, 1.165) is 4.90 Å². The van der Waals surface area contributed by atoms with Gasteiger partial charge in [0.2, 0.25) is 0 Å². The minimum absolute atomic E-state index is 0.305. The molecule has 3 nitrogen and oxygen atoms in total. The van der Waals surface area contributed by atoms with Gasteiger partial charge < -0.3 is 4.74 Å². The second-order valence-corrected chi connectivity index (χ2v) is 7.54. The topological polar surface area (TPSA) is 39.2 Å². The lowest BCUT2D eigenvalue weighted by Crippen LogP contribution is -2.24. The van der Waals surface area contributed by atoms with Gasteiger partial charge >= 0.3 is 5.97 Å². The monoisotopic (exact) mass is 383 g/mol. The normalized spacial score (nSPS) is 11.3. The number of carbonyl (C=O) groups is 1. The van der Waals surface area contributed by atoms with Gasteiger partial charge in [-0.15, -0.1) is 0 Å². The Bertz CT molecular complexity index is 684. The summed E-state index contributed by atoms with van der Waals surface area (Å²) in [5.74, 6) is -0.744. The van der Waals surface area contributed by atoms with Crippen molar-refractivity contribution in [3.05, 3.63) is 52.4 Å². The van der Waals surface area contributed by atoms with Gasteiger partial charge in [-0.2, -0.15) is 0 Å². The maximum Gasteiger partial charge on any atom is 0.341 e. The number of benzene rings is 1. The van der Waals surface area contributed by atoms with Crippen LogP contribution in [0.2, 0.25) is 0 Å². The van der Waals surface area contributed by atoms with Crippen LogP contribution in [0.15, 0.2) is 50.9 Å². The third-order valence-corrected chi connectivity index (χ3v) is 3.92. The van der Waals surface area contributed by atoms with Crippen LogP contribution in [0.4, 0.5) is 4.39 Å². The van der Waals surface area contributed by atoms with Gasteiger partial charge in [-0.3, -0.25) is 0 Å². The third kappa shape index (κ3) is 4.81. The van der Waals surface area contributed by atoms with E-state index in [2.05, 4.69) is 20.9 Å². The predicted molar refractivity (Wildman–Crippen MR) is 87.6 cm³/mol. The summed E-state index contributed by atoms with van der Waals surface area (Å²) in [6.45, 7) is 5.43. The Hall–Kier alpha value is -1.40. The molecular weight excluding hydrogens is 369 g/mol. The summed E-state index contributed by atoms with van der Waals surface area (Å²) in [6.07, 6.45) is 1.61. The summed E-state index contributed by atoms with van der Waals surface area (Å²) in [7, 11) is 0. The molecule has 0 atom stereocenters. The average molecular weight is 384 g/mol. The van der Waals surface area contributed by atoms with E-state index in [-0.39, 0.29) is 5.82 Å². The van der Waals surface area contributed by atoms with Gasteiger partial charge in [-0.25, -0.2) is 14.2 Å². The van der Waals surface area contributed by atoms with Crippen molar-refractivity contribution < 1.29 is 13.9 Å². The number of esters is 1. The van der Waals surface area contributed by atoms with E-state index >= 15 is 0 Å². The lowest BCUT2D eigenvalue weighted by atomic mass is 10.2. The number of hydrogen-bond acceptors (Lipinski definition) is 4. The van der Waals surface area contributed by atoms with E-state index in [1.165, 1.54) is 23.9 Å². The molecule has 0 fully saturated rings. The first-order chi connectivity index (χ1) is 10.2. The molecule has 0 N–H and O–H groups in total. The average Bonchev–Trinajstić information content (AvgIpc) is 2.41. The number of nitrogens with zero attached hydrogens (tertiary/aromatic N) is 1. The molecule has 2 aromatic rings. The fourth-order valence-electron chi connectivity index (χ4n) is 1.60. The van der Waals surface area contributed by atoms with Gasteiger partial charge in [0, 0.05) is 15.6 Å². The van der Waals surface area contributed by atoms with Crippen molar-refractivity contribution >= 4 is 33.7 Å². The van der Waals surface area contributed by atoms with Crippen LogP contribution < -0.4 is 0 Å². The van der Waals surface area contributed by atoms with Gasteiger partial charge in [0.15, 0.2) is 0 Å². The molecule has 0 saturated heterocycles. The summed E-state index contributed by atoms with van der Waals surface area (Å²) in [4.78, 5) is 17.4. The highest BCUT2D eigenvalue weighted by atomic mass is 79.9. The Balaban J connectivity index is 2.31. The van der Waals surface area contributed by atoms with E-state index in [1.807, 2.05) is 20.8 Å². The first kappa shape index (κ1) is 17.0. The Morgan fingerprint density at radius 1 is 1.27 bits per heavy atom. The third-order valence-electron chi connectivity index (χ3n) is 2.46. The van der Waals surface area contributed by atoms with Crippen molar-refractivity contribution in [1.29, 1.82) is 0 Å². The van der Waals surface area contributed by atoms with E-state index < -0.39 is 11.6 Å². The molecule has 0 aliphatic rings. The second kappa shape index (κ2) is 6.79. The largest absolute Gasteiger partial charge is 0.456 e. The van der Waals surface area contributed by atoms with Gasteiger partial charge in [0.05, 0.1) is 5.56 Å². The van der Waals surface area contributed by atoms with Crippen LogP contribution >= 0.6 is 27.7 Å². The summed E-state index contributed by atoms with van der Waals surface area (Å²) >= 11 is 4.60. The predicted octanol–water partition coefficient (Wildman–Crippen LogP) is 5.09. The molecule has 2 rings (SSSR count). The van der Waals surface area contributed by atoms with Gasteiger partial charge in [0.25, 0.3) is 0 Å². The van der Waals surface area contributed by atoms with Crippen molar-refractivity contribution in [2.75, 3.05) is 0 Å². The molecule has 0 spiro atoms. The fourth-order valence-corrected chi connectivity index (χ4v) is 2.79. The molecule has 0 amide bonds. The van der Waals surface area contributed by atoms with E-state index in [9.17, 15) is 9.18 Å². The van der Waals surface area contributed by atoms with Crippen molar-refractivity contribution in [1.82, 2.24) is 4.98 Å². The van der Waals surface area contributed by atoms with Crippen molar-refractivity contribution in [2.24, 2.45) is 0 Å². The molecule has 1 heterocycles. The lowest BCUT2D eigenvalue weighted by Gasteiger charge is -2.20. The minimum atomic E-state index is -0.586. The van der Waals surface area contributed by atoms with Crippen molar-refractivity contribution in [3.63, 3.8) is 0 Å². The summed E-state index contributed by atoms with van der Waals surface area (Å²) in [5, 5.41) is 0.518. The zero-order valence-corrected chi connectivity index (χ0v) is 14.8. The summed E-state index contributed by atoms with van der Waals surface area (Å²) < 4.78 is 19.1. The molecule has 0 aliphatic carbocycles. The summed E-state index contributed by atoms with van der Waals surface area (Å²) in [5.41, 5.74) is -0.212. The van der Waals surface area contributed by atoms with Gasteiger partial charge in [-0.05, 0) is 67.0 Å². The Labute approximate surface area is 141 Å². The number of pyridine rings is 1. The lowest BCUT2D eigenvalue weighted by molar-refractivity contribution is 0.00646. The highest BCUT2D eigenvalue weighted by molar-refractivity contribution is 9.10. The maximum absolute atomic E-state index is 13.0. The molecule has 0 radical (unpaired) electrons. The van der Waals surface area contributed by atoms with Gasteiger partial charge in [-0.1, -0.05) is 11.8 Å². The fraction of sp³-hybridized carbons (Fsp3) is 0.250. The van der Waals surface area contributed by atoms with Crippen LogP contribution in [0, 0.1) is 5.82 Å². The standard InChI is InChI=1S/C16H15BrFNO2S/c1-16(2,3)21-15(20)13-8-10(17)9-19-14(13)22-12-6-4-11(18)5-7-12/h4-9H,1-3H3. The number of rotatable bonds is 3. The number of hydrogen-bond donors (Lipinski definition) is 0. The SMILES string of the molecule is CC(C)(C)OC(=O)c1cc(Br)cnc1Sc1ccc(F)cc1. The van der Waals surface area contributed by atoms with Crippen molar-refractivity contribution in [3.8, 4) is 0 Å². The van der Waals surface area contributed by atoms with Crippen LogP contribution in [-0.2, 0) is 4.74 Å². The first-order valence-electron chi connectivity index (χ1n) is 6.57. The van der Waals surface area contributed by atoms with E-state index in [0.29, 0.717) is 15.1 Å². The molecule has 1 aromatic carbocycles. The van der Waals surface area contributed by atoms with Gasteiger partial charge in [0.1, 0.15) is 16.4 Å². The van der Waals surface area contributed by atoms with Crippen LogP contribution in [0.25, 0.3) is 0 Å². The molecule has 22 heavy (non-hydrogen) atoms. The Morgan fingerprint density at radius 2 is 1.91 bits per heavy atom. The number of halogens is 2. The quantitative estimate of drug-likeness (QED) is 0.691. The Kier molecular flexibility index (Phi) is 5.24. The zero-order chi connectivity index (χ0) is 16.3. The second-order valence-electron chi connectivity index (χ2n) is 5.56. The van der Waals surface area contributed by atoms with Crippen LogP contribution in [0.3, 0.4) is 0 Å². The van der Waals surface area contributed by atoms with E-state index in [1.54, 1.807) is 24.4 Å². The van der Waals surface area contributed by atoms with Crippen LogP contribution in [0.1, 0.15) is 31.1 Å². The van der Waals surface area contributed by atoms with Crippen molar-refractivity contribution in [2.45, 2.75) is 36.3 Å². The number of carbonyl (C=O) groups excluding carboxylic acids is 1. The molecule has 116 valence electrons. The number of aromatic nitrogens is 1. The zero-order valence-electron chi connectivity index (χ0n) is 12.4. The highest BCUT2D eigenvalue weighted by Gasteiger charge is 2.22. The maximum atomic E-state index is 13.0. The number of ether oxygens (including phenoxy) is 1. The van der Waals surface area contributed by atoms with E-state index in [4.69, 9.17) is 4.74 Å². The highest BCUT2D eigenvalue weighted by Crippen LogP contribution is 2.31. The molecule has 0 unspecified atom stereocenters.